The van der Waals surface area contributed by atoms with E-state index < -0.39 is 12.1 Å². The van der Waals surface area contributed by atoms with E-state index in [0.717, 1.165) is 37.3 Å². The zero-order valence-electron chi connectivity index (χ0n) is 16.9. The maximum atomic E-state index is 10.6. The number of H-pyrrole nitrogens is 1. The van der Waals surface area contributed by atoms with Crippen molar-refractivity contribution in [2.75, 3.05) is 23.7 Å². The fourth-order valence-corrected chi connectivity index (χ4v) is 3.33. The van der Waals surface area contributed by atoms with E-state index in [2.05, 4.69) is 32.0 Å². The van der Waals surface area contributed by atoms with Crippen LogP contribution in [0.25, 0.3) is 22.4 Å². The number of nitrogens with zero attached hydrogens (tertiary/aromatic N) is 4. The van der Waals surface area contributed by atoms with Crippen LogP contribution in [0.3, 0.4) is 0 Å². The molecule has 4 rings (SSSR count). The summed E-state index contributed by atoms with van der Waals surface area (Å²) in [4.78, 5) is 20.3. The molecule has 3 aromatic rings. The molecule has 0 amide bonds. The number of nitrogens with two attached hydrogens (primary N) is 2. The number of nitrogens with one attached hydrogen (secondary N) is 1. The van der Waals surface area contributed by atoms with Gasteiger partial charge in [0.2, 0.25) is 0 Å². The number of fused-ring (bicyclic) bond motifs is 1. The summed E-state index contributed by atoms with van der Waals surface area (Å²) in [5.74, 6) is -1.93. The van der Waals surface area contributed by atoms with Crippen molar-refractivity contribution in [1.29, 1.82) is 0 Å². The minimum absolute atomic E-state index is 0.0980. The average molecular weight is 472 g/mol. The second-order valence-electron chi connectivity index (χ2n) is 7.65. The normalized spacial score (nSPS) is 15.9. The summed E-state index contributed by atoms with van der Waals surface area (Å²) in [5.41, 5.74) is 15.2. The molecule has 1 fully saturated rings. The minimum atomic E-state index is -5.08. The van der Waals surface area contributed by atoms with Gasteiger partial charge >= 0.3 is 12.1 Å². The van der Waals surface area contributed by atoms with Crippen molar-refractivity contribution in [3.8, 4) is 11.3 Å². The first-order valence-corrected chi connectivity index (χ1v) is 9.86. The third-order valence-electron chi connectivity index (χ3n) is 5.01. The van der Waals surface area contributed by atoms with Crippen LogP contribution in [0.15, 0.2) is 24.4 Å². The van der Waals surface area contributed by atoms with E-state index >= 15 is 0 Å². The van der Waals surface area contributed by atoms with E-state index in [9.17, 15) is 13.2 Å². The van der Waals surface area contributed by atoms with E-state index in [1.54, 1.807) is 12.3 Å². The predicted molar refractivity (Wildman–Crippen MR) is 114 cm³/mol. The van der Waals surface area contributed by atoms with Crippen LogP contribution in [0.4, 0.5) is 24.7 Å². The van der Waals surface area contributed by atoms with Crippen molar-refractivity contribution in [3.05, 3.63) is 29.4 Å². The molecule has 1 aliphatic rings. The minimum Gasteiger partial charge on any atom is -0.475 e. The fourth-order valence-electron chi connectivity index (χ4n) is 3.11. The molecule has 0 atom stereocenters. The smallest absolute Gasteiger partial charge is 0.475 e. The Labute approximate surface area is 185 Å². The van der Waals surface area contributed by atoms with Gasteiger partial charge in [-0.3, -0.25) is 5.10 Å². The van der Waals surface area contributed by atoms with Crippen LogP contribution in [0.1, 0.15) is 19.8 Å². The second-order valence-corrected chi connectivity index (χ2v) is 8.03. The van der Waals surface area contributed by atoms with Gasteiger partial charge in [-0.05, 0) is 25.8 Å². The Balaban J connectivity index is 0.000000360. The first kappa shape index (κ1) is 23.5. The highest BCUT2D eigenvalue weighted by Gasteiger charge is 2.38. The number of aromatic nitrogens is 4. The first-order valence-electron chi connectivity index (χ1n) is 9.48. The summed E-state index contributed by atoms with van der Waals surface area (Å²) >= 11 is 6.32. The average Bonchev–Trinajstić information content (AvgIpc) is 3.13. The highest BCUT2D eigenvalue weighted by molar-refractivity contribution is 6.36. The molecular weight excluding hydrogens is 451 g/mol. The third-order valence-corrected chi connectivity index (χ3v) is 5.44. The number of carboxylic acids is 1. The van der Waals surface area contributed by atoms with Gasteiger partial charge in [-0.15, -0.1) is 0 Å². The third kappa shape index (κ3) is 5.19. The zero-order valence-corrected chi connectivity index (χ0v) is 17.7. The van der Waals surface area contributed by atoms with Gasteiger partial charge < -0.3 is 21.5 Å². The number of rotatable bonds is 2. The van der Waals surface area contributed by atoms with E-state index in [4.69, 9.17) is 33.0 Å². The van der Waals surface area contributed by atoms with Crippen LogP contribution in [0, 0.1) is 0 Å². The molecule has 32 heavy (non-hydrogen) atoms. The summed E-state index contributed by atoms with van der Waals surface area (Å²) in [6.45, 7) is 3.83. The Bertz CT molecular complexity index is 1120. The summed E-state index contributed by atoms with van der Waals surface area (Å²) in [6.07, 6.45) is -1.44. The van der Waals surface area contributed by atoms with E-state index in [-0.39, 0.29) is 5.54 Å². The van der Waals surface area contributed by atoms with Crippen LogP contribution in [-0.2, 0) is 4.79 Å². The van der Waals surface area contributed by atoms with Crippen molar-refractivity contribution >= 4 is 40.2 Å². The Hall–Kier alpha value is -3.12. The topological polar surface area (TPSA) is 147 Å². The molecule has 3 heterocycles. The Morgan fingerprint density at radius 2 is 1.94 bits per heavy atom. The maximum Gasteiger partial charge on any atom is 0.490 e. The molecule has 2 aromatic heterocycles. The summed E-state index contributed by atoms with van der Waals surface area (Å²) in [5, 5.41) is 14.9. The van der Waals surface area contributed by atoms with Crippen LogP contribution in [-0.4, -0.2) is 56.0 Å². The highest BCUT2D eigenvalue weighted by Crippen LogP contribution is 2.34. The van der Waals surface area contributed by atoms with Crippen molar-refractivity contribution in [1.82, 2.24) is 20.2 Å². The van der Waals surface area contributed by atoms with Crippen LogP contribution < -0.4 is 16.4 Å². The number of carbonyl (C=O) groups is 1. The van der Waals surface area contributed by atoms with Gasteiger partial charge in [0, 0.05) is 24.2 Å². The molecule has 13 heteroatoms. The lowest BCUT2D eigenvalue weighted by molar-refractivity contribution is -0.192. The maximum absolute atomic E-state index is 10.6. The number of carboxylic acid groups (broad SMARTS) is 1. The van der Waals surface area contributed by atoms with Gasteiger partial charge in [0.05, 0.1) is 16.9 Å². The Kier molecular flexibility index (Phi) is 6.46. The van der Waals surface area contributed by atoms with Crippen LogP contribution in [0.2, 0.25) is 5.02 Å². The number of hydrogen-bond acceptors (Lipinski definition) is 7. The lowest BCUT2D eigenvalue weighted by atomic mass is 9.91. The Morgan fingerprint density at radius 1 is 1.31 bits per heavy atom. The fraction of sp³-hybridized carbons (Fsp3) is 0.368. The monoisotopic (exact) mass is 471 g/mol. The first-order chi connectivity index (χ1) is 14.9. The number of nitrogen functional groups attached to an aromatic ring is 1. The molecule has 0 bridgehead atoms. The van der Waals surface area contributed by atoms with Gasteiger partial charge in [-0.25, -0.2) is 14.8 Å². The standard InChI is InChI=1S/C17H20ClN7.C2HF3O2/c1-17(20)5-7-25(8-6-17)12-9-21-15-14(23-24-16(15)22-12)10-3-2-4-11(19)13(10)18;3-2(4,5)1(6)7/h2-4,9H,5-8,19-20H2,1H3,(H,22,23,24);(H,6,7). The molecule has 0 spiro atoms. The predicted octanol–water partition coefficient (Wildman–Crippen LogP) is 3.21. The number of hydrogen-bond donors (Lipinski definition) is 4. The molecule has 1 saturated heterocycles. The highest BCUT2D eigenvalue weighted by atomic mass is 35.5. The van der Waals surface area contributed by atoms with Gasteiger partial charge in [0.15, 0.2) is 5.65 Å². The lowest BCUT2D eigenvalue weighted by Gasteiger charge is -2.37. The number of anilines is 2. The molecule has 0 saturated carbocycles. The van der Waals surface area contributed by atoms with Gasteiger partial charge in [0.1, 0.15) is 17.0 Å². The number of piperidine rings is 1. The number of halogens is 4. The van der Waals surface area contributed by atoms with Crippen molar-refractivity contribution in [2.45, 2.75) is 31.5 Å². The van der Waals surface area contributed by atoms with Crippen molar-refractivity contribution in [3.63, 3.8) is 0 Å². The molecule has 1 aromatic carbocycles. The van der Waals surface area contributed by atoms with E-state index in [1.165, 1.54) is 0 Å². The molecule has 0 radical (unpaired) electrons. The molecular formula is C19H21ClF3N7O2. The number of alkyl halides is 3. The summed E-state index contributed by atoms with van der Waals surface area (Å²) < 4.78 is 31.7. The lowest BCUT2D eigenvalue weighted by Crippen LogP contribution is -2.48. The molecule has 6 N–H and O–H groups in total. The molecule has 0 unspecified atom stereocenters. The van der Waals surface area contributed by atoms with Gasteiger partial charge in [-0.1, -0.05) is 23.7 Å². The van der Waals surface area contributed by atoms with Crippen LogP contribution in [0.5, 0.6) is 0 Å². The summed E-state index contributed by atoms with van der Waals surface area (Å²) in [6, 6.07) is 5.47. The van der Waals surface area contributed by atoms with E-state index in [0.29, 0.717) is 27.6 Å². The van der Waals surface area contributed by atoms with E-state index in [1.807, 2.05) is 12.1 Å². The second kappa shape index (κ2) is 8.79. The number of benzene rings is 1. The SMILES string of the molecule is CC1(N)CCN(c2cnc3c(-c4cccc(N)c4Cl)n[nH]c3n2)CC1.O=C(O)C(F)(F)F. The molecule has 172 valence electrons. The number of aromatic amines is 1. The summed E-state index contributed by atoms with van der Waals surface area (Å²) in [7, 11) is 0. The molecule has 0 aliphatic carbocycles. The van der Waals surface area contributed by atoms with Crippen molar-refractivity contribution in [2.24, 2.45) is 5.73 Å². The van der Waals surface area contributed by atoms with Gasteiger partial charge in [-0.2, -0.15) is 18.3 Å². The number of aliphatic carboxylic acids is 1. The molecule has 1 aliphatic heterocycles. The van der Waals surface area contributed by atoms with Crippen molar-refractivity contribution < 1.29 is 23.1 Å². The van der Waals surface area contributed by atoms with Crippen LogP contribution >= 0.6 is 11.6 Å². The Morgan fingerprint density at radius 3 is 2.53 bits per heavy atom. The zero-order chi connectivity index (χ0) is 23.7. The van der Waals surface area contributed by atoms with Gasteiger partial charge in [0.25, 0.3) is 0 Å². The largest absolute Gasteiger partial charge is 0.490 e. The molecule has 9 nitrogen and oxygen atoms in total. The quantitative estimate of drug-likeness (QED) is 0.416.